The summed E-state index contributed by atoms with van der Waals surface area (Å²) in [4.78, 5) is 90.5. The molecule has 2 aromatic carbocycles. The Kier molecular flexibility index (Phi) is 12.3. The average Bonchev–Trinajstić information content (AvgIpc) is 3.02. The molecule has 0 radical (unpaired) electrons. The number of H-pyrrole nitrogens is 1. The van der Waals surface area contributed by atoms with Gasteiger partial charge >= 0.3 is 17.9 Å². The summed E-state index contributed by atoms with van der Waals surface area (Å²) < 4.78 is 0. The summed E-state index contributed by atoms with van der Waals surface area (Å²) in [6.07, 6.45) is -1.74. The highest BCUT2D eigenvalue weighted by Gasteiger charge is 2.75. The molecule has 0 bridgehead atoms. The zero-order valence-corrected chi connectivity index (χ0v) is 33.2. The van der Waals surface area contributed by atoms with Crippen LogP contribution in [0.1, 0.15) is 103 Å². The van der Waals surface area contributed by atoms with E-state index in [-0.39, 0.29) is 11.1 Å². The Morgan fingerprint density at radius 3 is 1.87 bits per heavy atom. The molecule has 14 heteroatoms. The van der Waals surface area contributed by atoms with Crippen LogP contribution in [0, 0.1) is 28.6 Å². The Bertz CT molecular complexity index is 1970. The van der Waals surface area contributed by atoms with Gasteiger partial charge in [-0.05, 0) is 71.6 Å². The monoisotopic (exact) mass is 749 g/mol. The molecule has 0 aliphatic heterocycles. The third kappa shape index (κ3) is 7.89. The maximum Gasteiger partial charge on any atom is 0.331 e. The second-order valence-corrected chi connectivity index (χ2v) is 17.2. The lowest BCUT2D eigenvalue weighted by Crippen LogP contribution is -2.79. The lowest BCUT2D eigenvalue weighted by Gasteiger charge is -2.67. The molecule has 0 saturated heterocycles. The largest absolute Gasteiger partial charge is 0.481 e. The van der Waals surface area contributed by atoms with Crippen LogP contribution in [0.3, 0.4) is 0 Å². The number of hydrogen-bond acceptors (Lipinski definition) is 9. The highest BCUT2D eigenvalue weighted by Crippen LogP contribution is 2.66. The fourth-order valence-corrected chi connectivity index (χ4v) is 8.58. The Morgan fingerprint density at radius 2 is 1.41 bits per heavy atom. The van der Waals surface area contributed by atoms with Crippen molar-refractivity contribution in [3.8, 4) is 0 Å². The zero-order chi connectivity index (χ0) is 41.4. The number of benzene rings is 2. The number of aromatic amines is 1. The molecule has 1 aromatic heterocycles. The lowest BCUT2D eigenvalue weighted by molar-refractivity contribution is -0.220. The summed E-state index contributed by atoms with van der Waals surface area (Å²) in [5, 5.41) is 32.0. The Morgan fingerprint density at radius 1 is 0.852 bits per heavy atom. The minimum absolute atomic E-state index is 0.0522. The standard InChI is InChI=1S/C40H55N5O9/c1-23-42-29-18-12-24(20-27(29)32(49)43-23)22-44(11)26-15-13-25(14-16-26)33(50)45(30(46)19-17-28(41)34(51)52)40(35(53)54,38(8,9)10)39(21-31(47)48,36(2,3)4)37(5,6)7/h12-16,18,20,28H,17,19,21-22,41H2,1-11H3,(H,47,48)(H,51,52)(H,53,54)(H,42,43,49)/t28-,40+/m0/s1. The summed E-state index contributed by atoms with van der Waals surface area (Å²) in [6.45, 7) is 16.9. The first-order valence-electron chi connectivity index (χ1n) is 17.8. The van der Waals surface area contributed by atoms with E-state index in [0.717, 1.165) is 5.56 Å². The van der Waals surface area contributed by atoms with Gasteiger partial charge in [0.05, 0.1) is 17.3 Å². The smallest absolute Gasteiger partial charge is 0.331 e. The maximum atomic E-state index is 15.0. The van der Waals surface area contributed by atoms with Gasteiger partial charge in [0, 0.05) is 36.7 Å². The predicted molar refractivity (Wildman–Crippen MR) is 205 cm³/mol. The number of fused-ring (bicyclic) bond motifs is 1. The van der Waals surface area contributed by atoms with Gasteiger partial charge in [0.25, 0.3) is 11.5 Å². The molecule has 2 amide bonds. The normalized spacial score (nSPS) is 14.2. The van der Waals surface area contributed by atoms with E-state index in [0.29, 0.717) is 33.9 Å². The molecule has 0 spiro atoms. The summed E-state index contributed by atoms with van der Waals surface area (Å²) in [5.74, 6) is -5.78. The molecule has 0 aliphatic carbocycles. The fraction of sp³-hybridized carbons (Fsp3) is 0.525. The van der Waals surface area contributed by atoms with Gasteiger partial charge in [-0.25, -0.2) is 9.78 Å². The molecule has 2 atom stereocenters. The molecule has 294 valence electrons. The molecule has 0 fully saturated rings. The molecule has 1 heterocycles. The molecule has 54 heavy (non-hydrogen) atoms. The number of rotatable bonds is 13. The number of nitrogens with one attached hydrogen (secondary N) is 1. The van der Waals surface area contributed by atoms with E-state index in [4.69, 9.17) is 5.73 Å². The number of amides is 2. The van der Waals surface area contributed by atoms with E-state index < -0.39 is 82.2 Å². The number of carbonyl (C=O) groups is 5. The van der Waals surface area contributed by atoms with Crippen molar-refractivity contribution in [2.75, 3.05) is 11.9 Å². The number of aromatic nitrogens is 2. The molecule has 0 saturated carbocycles. The first kappa shape index (κ1) is 43.3. The highest BCUT2D eigenvalue weighted by atomic mass is 16.4. The minimum Gasteiger partial charge on any atom is -0.481 e. The molecule has 14 nitrogen and oxygen atoms in total. The van der Waals surface area contributed by atoms with Crippen LogP contribution in [0.15, 0.2) is 47.3 Å². The van der Waals surface area contributed by atoms with E-state index in [1.807, 2.05) is 18.0 Å². The van der Waals surface area contributed by atoms with Crippen molar-refractivity contribution in [2.24, 2.45) is 27.4 Å². The molecular weight excluding hydrogens is 694 g/mol. The lowest BCUT2D eigenvalue weighted by atomic mass is 9.40. The van der Waals surface area contributed by atoms with Crippen molar-refractivity contribution >= 4 is 46.3 Å². The number of aliphatic carboxylic acids is 3. The van der Waals surface area contributed by atoms with E-state index in [9.17, 15) is 44.1 Å². The van der Waals surface area contributed by atoms with Crippen molar-refractivity contribution in [3.63, 3.8) is 0 Å². The number of anilines is 1. The number of nitrogens with zero attached hydrogens (tertiary/aromatic N) is 3. The molecule has 6 N–H and O–H groups in total. The molecule has 0 aliphatic rings. The van der Waals surface area contributed by atoms with Crippen molar-refractivity contribution < 1.29 is 39.3 Å². The van der Waals surface area contributed by atoms with Crippen LogP contribution in [0.4, 0.5) is 5.69 Å². The number of nitrogens with two attached hydrogens (primary N) is 1. The van der Waals surface area contributed by atoms with Crippen molar-refractivity contribution in [2.45, 2.75) is 107 Å². The van der Waals surface area contributed by atoms with Crippen LogP contribution < -0.4 is 16.2 Å². The second kappa shape index (κ2) is 15.3. The van der Waals surface area contributed by atoms with Crippen LogP contribution in [0.25, 0.3) is 10.9 Å². The van der Waals surface area contributed by atoms with Crippen LogP contribution in [0.2, 0.25) is 0 Å². The number of imide groups is 1. The third-order valence-corrected chi connectivity index (χ3v) is 10.6. The number of hydrogen-bond donors (Lipinski definition) is 5. The van der Waals surface area contributed by atoms with Crippen LogP contribution >= 0.6 is 0 Å². The molecular formula is C40H55N5O9. The van der Waals surface area contributed by atoms with Gasteiger partial charge in [-0.2, -0.15) is 0 Å². The number of aryl methyl sites for hydroxylation is 1. The highest BCUT2D eigenvalue weighted by molar-refractivity contribution is 6.09. The average molecular weight is 750 g/mol. The van der Waals surface area contributed by atoms with E-state index in [1.54, 1.807) is 93.5 Å². The van der Waals surface area contributed by atoms with Crippen LogP contribution in [-0.4, -0.2) is 78.5 Å². The van der Waals surface area contributed by atoms with Gasteiger partial charge in [0.2, 0.25) is 5.91 Å². The van der Waals surface area contributed by atoms with E-state index in [1.165, 1.54) is 12.1 Å². The number of carboxylic acids is 3. The summed E-state index contributed by atoms with van der Waals surface area (Å²) in [7, 11) is 1.81. The van der Waals surface area contributed by atoms with Gasteiger partial charge in [-0.1, -0.05) is 68.4 Å². The van der Waals surface area contributed by atoms with Gasteiger partial charge in [-0.15, -0.1) is 0 Å². The Balaban J connectivity index is 2.27. The van der Waals surface area contributed by atoms with E-state index >= 15 is 0 Å². The fourth-order valence-electron chi connectivity index (χ4n) is 8.58. The van der Waals surface area contributed by atoms with Gasteiger partial charge in [0.1, 0.15) is 11.9 Å². The first-order chi connectivity index (χ1) is 24.6. The topological polar surface area (TPSA) is 224 Å². The SMILES string of the molecule is Cc1nc2ccc(CN(C)c3ccc(C(=O)N(C(=O)CC[C@H](N)C(=O)O)[C@](C(=O)O)(C(C)(C)C)C(CC(=O)O)(C(C)(C)C)C(C)(C)C)cc3)cc2c(=O)[nH]1. The van der Waals surface area contributed by atoms with Crippen molar-refractivity contribution in [3.05, 3.63) is 69.8 Å². The predicted octanol–water partition coefficient (Wildman–Crippen LogP) is 5.45. The third-order valence-electron chi connectivity index (χ3n) is 10.6. The summed E-state index contributed by atoms with van der Waals surface area (Å²) >= 11 is 0. The zero-order valence-electron chi connectivity index (χ0n) is 33.2. The number of carbonyl (C=O) groups excluding carboxylic acids is 2. The van der Waals surface area contributed by atoms with Gasteiger partial charge in [-0.3, -0.25) is 28.9 Å². The van der Waals surface area contributed by atoms with Crippen LogP contribution in [0.5, 0.6) is 0 Å². The molecule has 3 rings (SSSR count). The minimum atomic E-state index is -2.52. The van der Waals surface area contributed by atoms with Gasteiger partial charge in [0.15, 0.2) is 5.54 Å². The quantitative estimate of drug-likeness (QED) is 0.147. The Labute approximate surface area is 315 Å². The van der Waals surface area contributed by atoms with Crippen LogP contribution in [-0.2, 0) is 25.7 Å². The van der Waals surface area contributed by atoms with E-state index in [2.05, 4.69) is 9.97 Å². The molecule has 0 unspecified atom stereocenters. The van der Waals surface area contributed by atoms with Crippen molar-refractivity contribution in [1.29, 1.82) is 0 Å². The molecule has 3 aromatic rings. The summed E-state index contributed by atoms with van der Waals surface area (Å²) in [5.41, 5.74) is -0.701. The summed E-state index contributed by atoms with van der Waals surface area (Å²) in [6, 6.07) is 10.1. The van der Waals surface area contributed by atoms with Crippen molar-refractivity contribution in [1.82, 2.24) is 14.9 Å². The number of carboxylic acid groups (broad SMARTS) is 3. The maximum absolute atomic E-state index is 15.0. The second-order valence-electron chi connectivity index (χ2n) is 17.2. The first-order valence-corrected chi connectivity index (χ1v) is 17.8. The Hall–Kier alpha value is -5.11. The van der Waals surface area contributed by atoms with Gasteiger partial charge < -0.3 is 30.9 Å².